The summed E-state index contributed by atoms with van der Waals surface area (Å²) in [6.07, 6.45) is 2.98. The normalized spacial score (nSPS) is 10.1. The molecule has 1 heterocycles. The van der Waals surface area contributed by atoms with E-state index < -0.39 is 5.97 Å². The van der Waals surface area contributed by atoms with Crippen molar-refractivity contribution < 1.29 is 9.90 Å². The molecule has 0 radical (unpaired) electrons. The number of carbonyl (C=O) groups is 1. The lowest BCUT2D eigenvalue weighted by Crippen LogP contribution is -1.97. The Morgan fingerprint density at radius 3 is 2.69 bits per heavy atom. The maximum absolute atomic E-state index is 10.8. The summed E-state index contributed by atoms with van der Waals surface area (Å²) in [5.41, 5.74) is 1.92. The first-order valence-electron chi connectivity index (χ1n) is 4.61. The van der Waals surface area contributed by atoms with Crippen molar-refractivity contribution in [3.8, 4) is 11.1 Å². The third-order valence-corrected chi connectivity index (χ3v) is 2.64. The molecular weight excluding hydrogens is 270 g/mol. The molecule has 0 saturated carbocycles. The summed E-state index contributed by atoms with van der Waals surface area (Å²) in [7, 11) is 0. The molecule has 1 aromatic heterocycles. The second-order valence-electron chi connectivity index (χ2n) is 3.28. The Balaban J connectivity index is 2.48. The third-order valence-electron chi connectivity index (χ3n) is 2.14. The average Bonchev–Trinajstić information content (AvgIpc) is 2.29. The van der Waals surface area contributed by atoms with Crippen LogP contribution in [-0.2, 0) is 0 Å². The summed E-state index contributed by atoms with van der Waals surface area (Å²) in [5, 5.41) is 8.86. The van der Waals surface area contributed by atoms with Gasteiger partial charge in [-0.1, -0.05) is 28.1 Å². The van der Waals surface area contributed by atoms with Crippen molar-refractivity contribution in [1.82, 2.24) is 4.98 Å². The average molecular weight is 278 g/mol. The molecular formula is C12H8BrNO2. The highest BCUT2D eigenvalue weighted by molar-refractivity contribution is 9.10. The molecule has 0 amide bonds. The highest BCUT2D eigenvalue weighted by Crippen LogP contribution is 2.22. The fourth-order valence-electron chi connectivity index (χ4n) is 1.38. The molecule has 0 bridgehead atoms. The minimum Gasteiger partial charge on any atom is -0.478 e. The van der Waals surface area contributed by atoms with Crippen LogP contribution in [0.5, 0.6) is 0 Å². The van der Waals surface area contributed by atoms with Crippen molar-refractivity contribution in [3.05, 3.63) is 52.8 Å². The predicted molar refractivity (Wildman–Crippen MR) is 64.3 cm³/mol. The second kappa shape index (κ2) is 4.45. The van der Waals surface area contributed by atoms with E-state index in [1.165, 1.54) is 6.20 Å². The van der Waals surface area contributed by atoms with Crippen LogP contribution in [0.15, 0.2) is 47.2 Å². The largest absolute Gasteiger partial charge is 0.478 e. The molecule has 16 heavy (non-hydrogen) atoms. The van der Waals surface area contributed by atoms with Crippen LogP contribution >= 0.6 is 15.9 Å². The van der Waals surface area contributed by atoms with E-state index >= 15 is 0 Å². The number of benzene rings is 1. The molecule has 0 atom stereocenters. The number of hydrogen-bond acceptors (Lipinski definition) is 2. The first-order chi connectivity index (χ1) is 7.66. The Morgan fingerprint density at radius 1 is 1.19 bits per heavy atom. The maximum Gasteiger partial charge on any atom is 0.337 e. The van der Waals surface area contributed by atoms with Crippen molar-refractivity contribution in [2.24, 2.45) is 0 Å². The Bertz CT molecular complexity index is 540. The smallest absolute Gasteiger partial charge is 0.337 e. The number of hydrogen-bond donors (Lipinski definition) is 1. The van der Waals surface area contributed by atoms with E-state index in [-0.39, 0.29) is 5.56 Å². The van der Waals surface area contributed by atoms with Gasteiger partial charge in [0.2, 0.25) is 0 Å². The molecule has 4 heteroatoms. The van der Waals surface area contributed by atoms with E-state index in [9.17, 15) is 4.79 Å². The Kier molecular flexibility index (Phi) is 3.01. The topological polar surface area (TPSA) is 50.2 Å². The molecule has 2 aromatic rings. The Morgan fingerprint density at radius 2 is 2.00 bits per heavy atom. The van der Waals surface area contributed by atoms with Crippen LogP contribution in [0, 0.1) is 0 Å². The quantitative estimate of drug-likeness (QED) is 0.917. The first kappa shape index (κ1) is 10.8. The van der Waals surface area contributed by atoms with E-state index in [1.54, 1.807) is 12.3 Å². The van der Waals surface area contributed by atoms with Crippen LogP contribution in [0.25, 0.3) is 11.1 Å². The standard InChI is InChI=1S/C12H8BrNO2/c13-11-3-1-2-8(5-11)9-4-10(12(15)16)7-14-6-9/h1-7H,(H,15,16). The lowest BCUT2D eigenvalue weighted by Gasteiger charge is -2.02. The number of nitrogens with zero attached hydrogens (tertiary/aromatic N) is 1. The van der Waals surface area contributed by atoms with Gasteiger partial charge in [-0.25, -0.2) is 4.79 Å². The fourth-order valence-corrected chi connectivity index (χ4v) is 1.78. The number of pyridine rings is 1. The number of aromatic nitrogens is 1. The summed E-state index contributed by atoms with van der Waals surface area (Å²) in [6, 6.07) is 9.25. The van der Waals surface area contributed by atoms with Crippen LogP contribution in [-0.4, -0.2) is 16.1 Å². The van der Waals surface area contributed by atoms with Crippen LogP contribution in [0.3, 0.4) is 0 Å². The summed E-state index contributed by atoms with van der Waals surface area (Å²) >= 11 is 3.37. The number of carboxylic acids is 1. The molecule has 0 unspecified atom stereocenters. The number of aromatic carboxylic acids is 1. The molecule has 0 aliphatic rings. The molecule has 0 aliphatic carbocycles. The van der Waals surface area contributed by atoms with Gasteiger partial charge in [0.15, 0.2) is 0 Å². The van der Waals surface area contributed by atoms with Gasteiger partial charge in [-0.15, -0.1) is 0 Å². The van der Waals surface area contributed by atoms with Gasteiger partial charge in [0, 0.05) is 22.4 Å². The summed E-state index contributed by atoms with van der Waals surface area (Å²) in [6.45, 7) is 0. The van der Waals surface area contributed by atoms with E-state index in [0.717, 1.165) is 15.6 Å². The van der Waals surface area contributed by atoms with Gasteiger partial charge < -0.3 is 5.11 Å². The second-order valence-corrected chi connectivity index (χ2v) is 4.19. The van der Waals surface area contributed by atoms with E-state index in [2.05, 4.69) is 20.9 Å². The van der Waals surface area contributed by atoms with Gasteiger partial charge in [0.1, 0.15) is 0 Å². The van der Waals surface area contributed by atoms with E-state index in [1.807, 2.05) is 24.3 Å². The zero-order chi connectivity index (χ0) is 11.5. The minimum atomic E-state index is -0.968. The highest BCUT2D eigenvalue weighted by atomic mass is 79.9. The predicted octanol–water partition coefficient (Wildman–Crippen LogP) is 3.21. The van der Waals surface area contributed by atoms with Crippen molar-refractivity contribution >= 4 is 21.9 Å². The third kappa shape index (κ3) is 2.28. The van der Waals surface area contributed by atoms with Crippen LogP contribution in [0.1, 0.15) is 10.4 Å². The molecule has 2 rings (SSSR count). The van der Waals surface area contributed by atoms with E-state index in [4.69, 9.17) is 5.11 Å². The molecule has 0 aliphatic heterocycles. The van der Waals surface area contributed by atoms with Crippen molar-refractivity contribution in [1.29, 1.82) is 0 Å². The van der Waals surface area contributed by atoms with Crippen molar-refractivity contribution in [2.45, 2.75) is 0 Å². The van der Waals surface area contributed by atoms with Crippen LogP contribution in [0.2, 0.25) is 0 Å². The van der Waals surface area contributed by atoms with Gasteiger partial charge in [0.05, 0.1) is 5.56 Å². The number of carboxylic acid groups (broad SMARTS) is 1. The van der Waals surface area contributed by atoms with Crippen LogP contribution < -0.4 is 0 Å². The molecule has 0 spiro atoms. The van der Waals surface area contributed by atoms with Gasteiger partial charge in [-0.2, -0.15) is 0 Å². The maximum atomic E-state index is 10.8. The minimum absolute atomic E-state index is 0.192. The Labute approximate surface area is 101 Å². The molecule has 1 N–H and O–H groups in total. The van der Waals surface area contributed by atoms with Gasteiger partial charge in [0.25, 0.3) is 0 Å². The van der Waals surface area contributed by atoms with Gasteiger partial charge in [-0.3, -0.25) is 4.98 Å². The summed E-state index contributed by atoms with van der Waals surface area (Å²) < 4.78 is 0.950. The zero-order valence-corrected chi connectivity index (χ0v) is 9.81. The van der Waals surface area contributed by atoms with Gasteiger partial charge >= 0.3 is 5.97 Å². The molecule has 0 saturated heterocycles. The Hall–Kier alpha value is -1.68. The lowest BCUT2D eigenvalue weighted by atomic mass is 10.1. The van der Waals surface area contributed by atoms with Gasteiger partial charge in [-0.05, 0) is 23.8 Å². The summed E-state index contributed by atoms with van der Waals surface area (Å²) in [4.78, 5) is 14.7. The molecule has 3 nitrogen and oxygen atoms in total. The summed E-state index contributed by atoms with van der Waals surface area (Å²) in [5.74, 6) is -0.968. The van der Waals surface area contributed by atoms with Crippen molar-refractivity contribution in [2.75, 3.05) is 0 Å². The monoisotopic (exact) mass is 277 g/mol. The van der Waals surface area contributed by atoms with Crippen molar-refractivity contribution in [3.63, 3.8) is 0 Å². The number of halogens is 1. The molecule has 0 fully saturated rings. The first-order valence-corrected chi connectivity index (χ1v) is 5.40. The molecule has 80 valence electrons. The van der Waals surface area contributed by atoms with Crippen LogP contribution in [0.4, 0.5) is 0 Å². The number of rotatable bonds is 2. The lowest BCUT2D eigenvalue weighted by molar-refractivity contribution is 0.0696. The molecule has 1 aromatic carbocycles. The zero-order valence-electron chi connectivity index (χ0n) is 8.22. The SMILES string of the molecule is O=C(O)c1cncc(-c2cccc(Br)c2)c1. The highest BCUT2D eigenvalue weighted by Gasteiger charge is 2.05. The fraction of sp³-hybridized carbons (Fsp3) is 0. The van der Waals surface area contributed by atoms with E-state index in [0.29, 0.717) is 0 Å².